The van der Waals surface area contributed by atoms with Gasteiger partial charge < -0.3 is 4.90 Å². The molecule has 1 aromatic heterocycles. The molecule has 3 nitrogen and oxygen atoms in total. The Hall–Kier alpha value is -2.94. The molecule has 0 atom stereocenters. The van der Waals surface area contributed by atoms with Crippen molar-refractivity contribution in [2.45, 2.75) is 6.42 Å². The van der Waals surface area contributed by atoms with Crippen LogP contribution in [0.15, 0.2) is 73.1 Å². The molecule has 0 aliphatic carbocycles. The fourth-order valence-electron chi connectivity index (χ4n) is 3.05. The van der Waals surface area contributed by atoms with Crippen LogP contribution in [0.2, 0.25) is 0 Å². The molecule has 0 bridgehead atoms. The summed E-state index contributed by atoms with van der Waals surface area (Å²) in [6.45, 7) is 0.730. The van der Waals surface area contributed by atoms with E-state index in [-0.39, 0.29) is 5.91 Å². The zero-order valence-electron chi connectivity index (χ0n) is 12.6. The van der Waals surface area contributed by atoms with Crippen molar-refractivity contribution < 1.29 is 4.79 Å². The van der Waals surface area contributed by atoms with Crippen LogP contribution in [0.25, 0.3) is 11.1 Å². The Labute approximate surface area is 135 Å². The molecule has 2 aromatic carbocycles. The summed E-state index contributed by atoms with van der Waals surface area (Å²) < 4.78 is 0. The summed E-state index contributed by atoms with van der Waals surface area (Å²) in [4.78, 5) is 19.0. The van der Waals surface area contributed by atoms with Crippen molar-refractivity contribution in [3.63, 3.8) is 0 Å². The highest BCUT2D eigenvalue weighted by Crippen LogP contribution is 2.29. The number of para-hydroxylation sites is 1. The van der Waals surface area contributed by atoms with Crippen LogP contribution in [-0.4, -0.2) is 17.4 Å². The lowest BCUT2D eigenvalue weighted by Gasteiger charge is -2.17. The van der Waals surface area contributed by atoms with E-state index < -0.39 is 0 Å². The summed E-state index contributed by atoms with van der Waals surface area (Å²) in [5.41, 5.74) is 4.90. The third-order valence-electron chi connectivity index (χ3n) is 4.22. The van der Waals surface area contributed by atoms with E-state index in [1.165, 1.54) is 5.56 Å². The maximum Gasteiger partial charge on any atom is 0.259 e. The first kappa shape index (κ1) is 13.7. The predicted molar refractivity (Wildman–Crippen MR) is 91.5 cm³/mol. The summed E-state index contributed by atoms with van der Waals surface area (Å²) in [7, 11) is 0. The van der Waals surface area contributed by atoms with Gasteiger partial charge in [-0.2, -0.15) is 0 Å². The molecule has 1 aliphatic heterocycles. The van der Waals surface area contributed by atoms with E-state index in [0.717, 1.165) is 29.8 Å². The Kier molecular flexibility index (Phi) is 3.39. The first-order chi connectivity index (χ1) is 11.3. The van der Waals surface area contributed by atoms with Gasteiger partial charge in [0.2, 0.25) is 0 Å². The number of benzene rings is 2. The van der Waals surface area contributed by atoms with Crippen LogP contribution >= 0.6 is 0 Å². The molecule has 1 aliphatic rings. The number of nitrogens with zero attached hydrogens (tertiary/aromatic N) is 2. The van der Waals surface area contributed by atoms with Crippen LogP contribution in [-0.2, 0) is 6.42 Å². The molecule has 2 heterocycles. The van der Waals surface area contributed by atoms with Gasteiger partial charge in [0.05, 0.1) is 5.56 Å². The fraction of sp³-hybridized carbons (Fsp3) is 0.100. The molecule has 3 heteroatoms. The third kappa shape index (κ3) is 2.50. The van der Waals surface area contributed by atoms with E-state index in [1.54, 1.807) is 12.4 Å². The summed E-state index contributed by atoms with van der Waals surface area (Å²) in [6, 6.07) is 20.0. The molecule has 0 unspecified atom stereocenters. The molecular formula is C20H16N2O. The number of hydrogen-bond donors (Lipinski definition) is 0. The smallest absolute Gasteiger partial charge is 0.259 e. The van der Waals surface area contributed by atoms with Crippen LogP contribution < -0.4 is 4.90 Å². The number of carbonyl (C=O) groups excluding carboxylic acids is 1. The van der Waals surface area contributed by atoms with E-state index in [9.17, 15) is 4.79 Å². The minimum atomic E-state index is 0.0141. The number of rotatable bonds is 2. The largest absolute Gasteiger partial charge is 0.308 e. The highest BCUT2D eigenvalue weighted by atomic mass is 16.2. The van der Waals surface area contributed by atoms with Gasteiger partial charge in [-0.1, -0.05) is 48.5 Å². The van der Waals surface area contributed by atoms with Gasteiger partial charge in [0.25, 0.3) is 5.91 Å². The second-order valence-corrected chi connectivity index (χ2v) is 5.66. The van der Waals surface area contributed by atoms with Gasteiger partial charge in [-0.25, -0.2) is 0 Å². The normalized spacial score (nSPS) is 13.0. The number of aromatic nitrogens is 1. The average Bonchev–Trinajstić information content (AvgIpc) is 3.06. The van der Waals surface area contributed by atoms with Gasteiger partial charge in [0.1, 0.15) is 0 Å². The Morgan fingerprint density at radius 2 is 1.70 bits per heavy atom. The minimum Gasteiger partial charge on any atom is -0.308 e. The number of carbonyl (C=O) groups is 1. The molecule has 23 heavy (non-hydrogen) atoms. The summed E-state index contributed by atoms with van der Waals surface area (Å²) in [6.07, 6.45) is 4.35. The van der Waals surface area contributed by atoms with Crippen LogP contribution in [0.4, 0.5) is 5.69 Å². The third-order valence-corrected chi connectivity index (χ3v) is 4.22. The van der Waals surface area contributed by atoms with Gasteiger partial charge in [-0.15, -0.1) is 0 Å². The second-order valence-electron chi connectivity index (χ2n) is 5.66. The topological polar surface area (TPSA) is 33.2 Å². The maximum atomic E-state index is 12.9. The first-order valence-corrected chi connectivity index (χ1v) is 7.73. The van der Waals surface area contributed by atoms with Crippen molar-refractivity contribution in [1.82, 2.24) is 4.98 Å². The lowest BCUT2D eigenvalue weighted by atomic mass is 10.1. The highest BCUT2D eigenvalue weighted by Gasteiger charge is 2.25. The molecule has 0 N–H and O–H groups in total. The van der Waals surface area contributed by atoms with Crippen LogP contribution in [0.3, 0.4) is 0 Å². The number of amides is 1. The highest BCUT2D eigenvalue weighted by molar-refractivity contribution is 6.07. The summed E-state index contributed by atoms with van der Waals surface area (Å²) in [5.74, 6) is 0.0141. The van der Waals surface area contributed by atoms with Crippen molar-refractivity contribution in [2.24, 2.45) is 0 Å². The molecule has 0 radical (unpaired) electrons. The van der Waals surface area contributed by atoms with Crippen molar-refractivity contribution in [3.8, 4) is 11.1 Å². The van der Waals surface area contributed by atoms with Gasteiger partial charge >= 0.3 is 0 Å². The number of pyridine rings is 1. The average molecular weight is 300 g/mol. The summed E-state index contributed by atoms with van der Waals surface area (Å²) in [5, 5.41) is 0. The minimum absolute atomic E-state index is 0.0141. The standard InChI is InChI=1S/C20H16N2O/c23-20(22-11-10-16-8-4-5-9-19(16)22)18-12-17(13-21-14-18)15-6-2-1-3-7-15/h1-9,12-14H,10-11H2. The summed E-state index contributed by atoms with van der Waals surface area (Å²) >= 11 is 0. The van der Waals surface area contributed by atoms with Crippen LogP contribution in [0.5, 0.6) is 0 Å². The first-order valence-electron chi connectivity index (χ1n) is 7.73. The predicted octanol–water partition coefficient (Wildman–Crippen LogP) is 3.95. The lowest BCUT2D eigenvalue weighted by molar-refractivity contribution is 0.0989. The van der Waals surface area contributed by atoms with E-state index in [0.29, 0.717) is 5.56 Å². The molecule has 1 amide bonds. The zero-order chi connectivity index (χ0) is 15.6. The van der Waals surface area contributed by atoms with Crippen molar-refractivity contribution in [1.29, 1.82) is 0 Å². The molecule has 0 fully saturated rings. The zero-order valence-corrected chi connectivity index (χ0v) is 12.6. The number of fused-ring (bicyclic) bond motifs is 1. The van der Waals surface area contributed by atoms with E-state index >= 15 is 0 Å². The fourth-order valence-corrected chi connectivity index (χ4v) is 3.05. The van der Waals surface area contributed by atoms with Crippen molar-refractivity contribution in [3.05, 3.63) is 84.2 Å². The van der Waals surface area contributed by atoms with Crippen LogP contribution in [0.1, 0.15) is 15.9 Å². The van der Waals surface area contributed by atoms with E-state index in [2.05, 4.69) is 11.1 Å². The number of anilines is 1. The van der Waals surface area contributed by atoms with Crippen molar-refractivity contribution in [2.75, 3.05) is 11.4 Å². The Morgan fingerprint density at radius 3 is 2.57 bits per heavy atom. The number of hydrogen-bond acceptors (Lipinski definition) is 2. The molecular weight excluding hydrogens is 284 g/mol. The molecule has 4 rings (SSSR count). The maximum absolute atomic E-state index is 12.9. The Bertz CT molecular complexity index is 858. The Morgan fingerprint density at radius 1 is 0.913 bits per heavy atom. The quantitative estimate of drug-likeness (QED) is 0.718. The van der Waals surface area contributed by atoms with Gasteiger partial charge in [-0.05, 0) is 29.7 Å². The SMILES string of the molecule is O=C(c1cncc(-c2ccccc2)c1)N1CCc2ccccc21. The van der Waals surface area contributed by atoms with Crippen molar-refractivity contribution >= 4 is 11.6 Å². The Balaban J connectivity index is 1.68. The second kappa shape index (κ2) is 5.69. The lowest BCUT2D eigenvalue weighted by Crippen LogP contribution is -2.28. The molecule has 3 aromatic rings. The molecule has 112 valence electrons. The monoisotopic (exact) mass is 300 g/mol. The van der Waals surface area contributed by atoms with Gasteiger partial charge in [-0.3, -0.25) is 9.78 Å². The van der Waals surface area contributed by atoms with Crippen LogP contribution in [0, 0.1) is 0 Å². The van der Waals surface area contributed by atoms with E-state index in [1.807, 2.05) is 59.5 Å². The van der Waals surface area contributed by atoms with Gasteiger partial charge in [0, 0.05) is 30.2 Å². The molecule has 0 saturated heterocycles. The van der Waals surface area contributed by atoms with E-state index in [4.69, 9.17) is 0 Å². The molecule has 0 spiro atoms. The van der Waals surface area contributed by atoms with Gasteiger partial charge in [0.15, 0.2) is 0 Å². The molecule has 0 saturated carbocycles.